The molecule has 0 spiro atoms. The van der Waals surface area contributed by atoms with Crippen LogP contribution in [0.4, 0.5) is 0 Å². The zero-order valence-corrected chi connectivity index (χ0v) is 10.9. The predicted octanol–water partition coefficient (Wildman–Crippen LogP) is 1.43. The van der Waals surface area contributed by atoms with E-state index in [1.165, 1.54) is 19.2 Å². The summed E-state index contributed by atoms with van der Waals surface area (Å²) in [5.41, 5.74) is 0.193. The summed E-state index contributed by atoms with van der Waals surface area (Å²) in [6.45, 7) is 0. The maximum Gasteiger partial charge on any atom is 0.255 e. The van der Waals surface area contributed by atoms with Gasteiger partial charge in [-0.15, -0.1) is 0 Å². The highest BCUT2D eigenvalue weighted by molar-refractivity contribution is 5.97. The lowest BCUT2D eigenvalue weighted by Crippen LogP contribution is -2.45. The molecule has 0 aromatic heterocycles. The molecular weight excluding hydrogens is 246 g/mol. The van der Waals surface area contributed by atoms with E-state index in [0.29, 0.717) is 12.2 Å². The first-order chi connectivity index (χ1) is 9.11. The number of carbonyl (C=O) groups excluding carboxylic acids is 1. The number of nitrogens with one attached hydrogen (secondary N) is 1. The number of aromatic hydroxyl groups is 1. The zero-order valence-electron chi connectivity index (χ0n) is 10.9. The van der Waals surface area contributed by atoms with Gasteiger partial charge in [-0.3, -0.25) is 4.79 Å². The molecule has 1 saturated carbocycles. The summed E-state index contributed by atoms with van der Waals surface area (Å²) in [5.74, 6) is 0.00000315. The highest BCUT2D eigenvalue weighted by Gasteiger charge is 2.25. The third kappa shape index (κ3) is 3.17. The van der Waals surface area contributed by atoms with Gasteiger partial charge in [0, 0.05) is 6.07 Å². The van der Waals surface area contributed by atoms with Crippen LogP contribution < -0.4 is 10.1 Å². The smallest absolute Gasteiger partial charge is 0.255 e. The van der Waals surface area contributed by atoms with Crippen molar-refractivity contribution < 1.29 is 19.7 Å². The lowest BCUT2D eigenvalue weighted by molar-refractivity contribution is 0.0715. The molecule has 1 aromatic rings. The van der Waals surface area contributed by atoms with Crippen LogP contribution in [0.15, 0.2) is 18.2 Å². The van der Waals surface area contributed by atoms with E-state index < -0.39 is 6.10 Å². The van der Waals surface area contributed by atoms with Gasteiger partial charge in [0.15, 0.2) is 0 Å². The van der Waals surface area contributed by atoms with Crippen LogP contribution in [0.25, 0.3) is 0 Å². The monoisotopic (exact) mass is 265 g/mol. The third-order valence-corrected chi connectivity index (χ3v) is 3.50. The molecule has 19 heavy (non-hydrogen) atoms. The minimum Gasteiger partial charge on any atom is -0.507 e. The SMILES string of the molecule is COc1ccc(C(=O)N[C@H]2CCCC[C@@H]2O)c(O)c1. The number of phenolic OH excluding ortho intramolecular Hbond substituents is 1. The van der Waals surface area contributed by atoms with E-state index >= 15 is 0 Å². The van der Waals surface area contributed by atoms with Gasteiger partial charge < -0.3 is 20.3 Å². The number of ether oxygens (including phenoxy) is 1. The van der Waals surface area contributed by atoms with Gasteiger partial charge in [0.05, 0.1) is 24.8 Å². The number of rotatable bonds is 3. The molecule has 1 aromatic carbocycles. The number of carbonyl (C=O) groups is 1. The molecule has 5 heteroatoms. The summed E-state index contributed by atoms with van der Waals surface area (Å²) in [5, 5.41) is 22.4. The summed E-state index contributed by atoms with van der Waals surface area (Å²) in [7, 11) is 1.49. The molecule has 0 saturated heterocycles. The fraction of sp³-hybridized carbons (Fsp3) is 0.500. The molecule has 0 heterocycles. The first-order valence-electron chi connectivity index (χ1n) is 6.47. The second kappa shape index (κ2) is 5.93. The van der Waals surface area contributed by atoms with Crippen LogP contribution in [0.1, 0.15) is 36.0 Å². The van der Waals surface area contributed by atoms with Crippen molar-refractivity contribution in [3.05, 3.63) is 23.8 Å². The quantitative estimate of drug-likeness (QED) is 0.772. The molecule has 3 N–H and O–H groups in total. The van der Waals surface area contributed by atoms with E-state index in [-0.39, 0.29) is 23.3 Å². The van der Waals surface area contributed by atoms with Gasteiger partial charge in [0.2, 0.25) is 0 Å². The fourth-order valence-corrected chi connectivity index (χ4v) is 2.36. The fourth-order valence-electron chi connectivity index (χ4n) is 2.36. The first kappa shape index (κ1) is 13.7. The number of aliphatic hydroxyl groups excluding tert-OH is 1. The van der Waals surface area contributed by atoms with Crippen molar-refractivity contribution >= 4 is 5.91 Å². The van der Waals surface area contributed by atoms with E-state index in [1.54, 1.807) is 6.07 Å². The Morgan fingerprint density at radius 3 is 2.74 bits per heavy atom. The number of aliphatic hydroxyl groups is 1. The number of phenols is 1. The van der Waals surface area contributed by atoms with Gasteiger partial charge in [-0.05, 0) is 25.0 Å². The van der Waals surface area contributed by atoms with Crippen molar-refractivity contribution in [2.75, 3.05) is 7.11 Å². The maximum absolute atomic E-state index is 12.1. The molecule has 0 bridgehead atoms. The Kier molecular flexibility index (Phi) is 4.27. The summed E-state index contributed by atoms with van der Waals surface area (Å²) in [6.07, 6.45) is 2.96. The van der Waals surface area contributed by atoms with Crippen molar-refractivity contribution in [1.29, 1.82) is 0 Å². The minimum absolute atomic E-state index is 0.123. The van der Waals surface area contributed by atoms with Crippen molar-refractivity contribution in [3.8, 4) is 11.5 Å². The highest BCUT2D eigenvalue weighted by atomic mass is 16.5. The molecule has 2 atom stereocenters. The standard InChI is InChI=1S/C14H19NO4/c1-19-9-6-7-10(13(17)8-9)14(18)15-11-4-2-3-5-12(11)16/h6-8,11-12,16-17H,2-5H2,1H3,(H,15,18)/t11-,12-/m0/s1. The summed E-state index contributed by atoms with van der Waals surface area (Å²) in [4.78, 5) is 12.1. The average molecular weight is 265 g/mol. The second-order valence-electron chi connectivity index (χ2n) is 4.81. The molecule has 104 valence electrons. The normalized spacial score (nSPS) is 22.8. The van der Waals surface area contributed by atoms with Crippen LogP contribution >= 0.6 is 0 Å². The summed E-state index contributed by atoms with van der Waals surface area (Å²) < 4.78 is 4.97. The lowest BCUT2D eigenvalue weighted by Gasteiger charge is -2.28. The predicted molar refractivity (Wildman–Crippen MR) is 70.4 cm³/mol. The van der Waals surface area contributed by atoms with Gasteiger partial charge in [-0.25, -0.2) is 0 Å². The van der Waals surface area contributed by atoms with Gasteiger partial charge >= 0.3 is 0 Å². The number of benzene rings is 1. The van der Waals surface area contributed by atoms with Crippen molar-refractivity contribution in [3.63, 3.8) is 0 Å². The average Bonchev–Trinajstić information content (AvgIpc) is 2.41. The number of hydrogen-bond donors (Lipinski definition) is 3. The third-order valence-electron chi connectivity index (χ3n) is 3.50. The Morgan fingerprint density at radius 2 is 2.11 bits per heavy atom. The number of hydrogen-bond acceptors (Lipinski definition) is 4. The zero-order chi connectivity index (χ0) is 13.8. The Balaban J connectivity index is 2.07. The topological polar surface area (TPSA) is 78.8 Å². The van der Waals surface area contributed by atoms with E-state index in [1.807, 2.05) is 0 Å². The highest BCUT2D eigenvalue weighted by Crippen LogP contribution is 2.24. The van der Waals surface area contributed by atoms with Crippen molar-refractivity contribution in [2.24, 2.45) is 0 Å². The maximum atomic E-state index is 12.1. The van der Waals surface area contributed by atoms with Crippen LogP contribution in [-0.4, -0.2) is 35.4 Å². The lowest BCUT2D eigenvalue weighted by atomic mass is 9.92. The molecule has 0 unspecified atom stereocenters. The largest absolute Gasteiger partial charge is 0.507 e. The van der Waals surface area contributed by atoms with Gasteiger partial charge in [-0.2, -0.15) is 0 Å². The van der Waals surface area contributed by atoms with Crippen LogP contribution in [0.3, 0.4) is 0 Å². The molecule has 0 radical (unpaired) electrons. The second-order valence-corrected chi connectivity index (χ2v) is 4.81. The van der Waals surface area contributed by atoms with Crippen molar-refractivity contribution in [2.45, 2.75) is 37.8 Å². The van der Waals surface area contributed by atoms with Crippen LogP contribution in [0.2, 0.25) is 0 Å². The van der Waals surface area contributed by atoms with Gasteiger partial charge in [0.1, 0.15) is 11.5 Å². The Labute approximate surface area is 112 Å². The van der Waals surface area contributed by atoms with E-state index in [2.05, 4.69) is 5.32 Å². The van der Waals surface area contributed by atoms with Crippen LogP contribution in [0.5, 0.6) is 11.5 Å². The molecule has 5 nitrogen and oxygen atoms in total. The number of amides is 1. The molecule has 1 fully saturated rings. The molecule has 1 aliphatic carbocycles. The summed E-state index contributed by atoms with van der Waals surface area (Å²) in [6, 6.07) is 4.29. The van der Waals surface area contributed by atoms with E-state index in [0.717, 1.165) is 19.3 Å². The van der Waals surface area contributed by atoms with E-state index in [9.17, 15) is 15.0 Å². The van der Waals surface area contributed by atoms with Crippen molar-refractivity contribution in [1.82, 2.24) is 5.32 Å². The minimum atomic E-state index is -0.502. The Morgan fingerprint density at radius 1 is 1.37 bits per heavy atom. The Hall–Kier alpha value is -1.75. The Bertz CT molecular complexity index is 461. The van der Waals surface area contributed by atoms with Crippen LogP contribution in [-0.2, 0) is 0 Å². The molecular formula is C14H19NO4. The summed E-state index contributed by atoms with van der Waals surface area (Å²) >= 11 is 0. The van der Waals surface area contributed by atoms with Gasteiger partial charge in [-0.1, -0.05) is 12.8 Å². The first-order valence-corrected chi connectivity index (χ1v) is 6.47. The molecule has 1 amide bonds. The van der Waals surface area contributed by atoms with E-state index in [4.69, 9.17) is 4.74 Å². The molecule has 1 aliphatic rings. The number of methoxy groups -OCH3 is 1. The molecule has 0 aliphatic heterocycles. The van der Waals surface area contributed by atoms with Gasteiger partial charge in [0.25, 0.3) is 5.91 Å². The molecule has 2 rings (SSSR count). The van der Waals surface area contributed by atoms with Crippen LogP contribution in [0, 0.1) is 0 Å².